The molecule has 0 spiro atoms. The second kappa shape index (κ2) is 11.1. The lowest BCUT2D eigenvalue weighted by Gasteiger charge is -2.49. The molecule has 1 saturated heterocycles. The van der Waals surface area contributed by atoms with Gasteiger partial charge in [0.15, 0.2) is 23.2 Å². The number of rotatable bonds is 10. The maximum atomic E-state index is 13.3. The van der Waals surface area contributed by atoms with Crippen molar-refractivity contribution in [3.63, 3.8) is 0 Å². The van der Waals surface area contributed by atoms with Crippen molar-refractivity contribution >= 4 is 69.5 Å². The average Bonchev–Trinajstić information content (AvgIpc) is 3.32. The number of thiazole rings is 1. The second-order valence-corrected chi connectivity index (χ2v) is 12.4. The third-order valence-electron chi connectivity index (χ3n) is 6.74. The number of nitrogens with one attached hydrogen (secondary N) is 1. The highest BCUT2D eigenvalue weighted by Crippen LogP contribution is 2.42. The Bertz CT molecular complexity index is 1440. The highest BCUT2D eigenvalue weighted by atomic mass is 32.2. The summed E-state index contributed by atoms with van der Waals surface area (Å²) in [5.74, 6) is -3.04. The van der Waals surface area contributed by atoms with E-state index in [4.69, 9.17) is 10.6 Å². The molecule has 5 rings (SSSR count). The minimum absolute atomic E-state index is 0.0692. The number of anilines is 1. The number of carboxylic acids is 2. The van der Waals surface area contributed by atoms with Crippen molar-refractivity contribution in [1.29, 1.82) is 0 Å². The van der Waals surface area contributed by atoms with Crippen molar-refractivity contribution in [2.45, 2.75) is 41.2 Å². The number of aryl methyl sites for hydroxylation is 1. The smallest absolute Gasteiger partial charge is 0.352 e. The van der Waals surface area contributed by atoms with Crippen LogP contribution in [0.2, 0.25) is 0 Å². The summed E-state index contributed by atoms with van der Waals surface area (Å²) in [5.41, 5.74) is 4.47. The first-order valence-corrected chi connectivity index (χ1v) is 15.0. The van der Waals surface area contributed by atoms with Gasteiger partial charge in [-0.2, -0.15) is 0 Å². The number of β-lactam (4-membered cyclic amide) rings is 1. The number of aliphatic carboxylic acids is 2. The molecule has 2 aromatic heterocycles. The quantitative estimate of drug-likeness (QED) is 0.0986. The number of hydrogen-bond acceptors (Lipinski definition) is 11. The van der Waals surface area contributed by atoms with Crippen molar-refractivity contribution < 1.29 is 38.8 Å². The zero-order valence-corrected chi connectivity index (χ0v) is 23.6. The Hall–Kier alpha value is -3.63. The minimum Gasteiger partial charge on any atom is -0.478 e. The number of carboxylic acid groups (broad SMARTS) is 2. The lowest BCUT2D eigenvalue weighted by molar-refractivity contribution is -0.671. The van der Waals surface area contributed by atoms with Gasteiger partial charge in [0.05, 0.1) is 0 Å². The molecule has 2 amide bonds. The van der Waals surface area contributed by atoms with E-state index >= 15 is 0 Å². The van der Waals surface area contributed by atoms with Crippen molar-refractivity contribution in [2.75, 3.05) is 17.2 Å². The fraction of sp³-hybridized carbons (Fsp3) is 0.375. The molecule has 4 heterocycles. The molecule has 0 bridgehead atoms. The summed E-state index contributed by atoms with van der Waals surface area (Å²) >= 11 is 3.88. The molecule has 0 radical (unpaired) electrons. The van der Waals surface area contributed by atoms with E-state index in [1.165, 1.54) is 33.8 Å². The number of carbonyl (C=O) groups is 4. The predicted octanol–water partition coefficient (Wildman–Crippen LogP) is 0.809. The van der Waals surface area contributed by atoms with E-state index in [2.05, 4.69) is 15.5 Å². The van der Waals surface area contributed by atoms with Crippen LogP contribution in [0.15, 0.2) is 51.2 Å². The Morgan fingerprint density at radius 3 is 2.62 bits per heavy atom. The molecule has 1 saturated carbocycles. The van der Waals surface area contributed by atoms with Gasteiger partial charge in [0.25, 0.3) is 11.8 Å². The van der Waals surface area contributed by atoms with E-state index in [-0.39, 0.29) is 35.1 Å². The second-order valence-electron chi connectivity index (χ2n) is 9.36. The van der Waals surface area contributed by atoms with Gasteiger partial charge in [-0.05, 0) is 12.0 Å². The third-order valence-corrected chi connectivity index (χ3v) is 9.85. The Labute approximate surface area is 240 Å². The third kappa shape index (κ3) is 5.25. The Morgan fingerprint density at radius 1 is 1.32 bits per heavy atom. The molecule has 2 atom stereocenters. The average molecular weight is 606 g/mol. The maximum Gasteiger partial charge on any atom is 0.352 e. The first kappa shape index (κ1) is 27.9. The van der Waals surface area contributed by atoms with Crippen LogP contribution in [-0.2, 0) is 31.1 Å². The molecule has 16 heteroatoms. The molecule has 2 aromatic rings. The molecule has 3 aliphatic rings. The van der Waals surface area contributed by atoms with E-state index < -0.39 is 40.8 Å². The Morgan fingerprint density at radius 2 is 2.05 bits per heavy atom. The Kier molecular flexibility index (Phi) is 7.74. The van der Waals surface area contributed by atoms with Crippen molar-refractivity contribution in [3.8, 4) is 0 Å². The summed E-state index contributed by atoms with van der Waals surface area (Å²) in [7, 11) is 1.90. The molecule has 2 fully saturated rings. The number of hydrogen-bond donors (Lipinski definition) is 4. The van der Waals surface area contributed by atoms with Gasteiger partial charge in [-0.15, -0.1) is 34.9 Å². The van der Waals surface area contributed by atoms with Gasteiger partial charge >= 0.3 is 11.9 Å². The number of nitrogen functional groups attached to an aromatic ring is 1. The van der Waals surface area contributed by atoms with E-state index in [9.17, 15) is 29.4 Å². The summed E-state index contributed by atoms with van der Waals surface area (Å²) in [6.45, 7) is 0. The van der Waals surface area contributed by atoms with Crippen molar-refractivity contribution in [2.24, 2.45) is 12.2 Å². The van der Waals surface area contributed by atoms with Crippen LogP contribution in [0.4, 0.5) is 5.13 Å². The molecule has 5 N–H and O–H groups in total. The lowest BCUT2D eigenvalue weighted by atomic mass is 9.80. The van der Waals surface area contributed by atoms with Crippen LogP contribution in [-0.4, -0.2) is 78.1 Å². The number of amides is 2. The van der Waals surface area contributed by atoms with Crippen molar-refractivity contribution in [3.05, 3.63) is 46.9 Å². The first-order valence-electron chi connectivity index (χ1n) is 12.1. The number of thioether (sulfide) groups is 2. The molecular formula is C24H25N6O7S3+. The summed E-state index contributed by atoms with van der Waals surface area (Å²) in [4.78, 5) is 61.8. The topological polar surface area (TPSA) is 188 Å². The highest BCUT2D eigenvalue weighted by molar-refractivity contribution is 8.01. The van der Waals surface area contributed by atoms with Gasteiger partial charge in [-0.3, -0.25) is 14.5 Å². The largest absolute Gasteiger partial charge is 0.478 e. The summed E-state index contributed by atoms with van der Waals surface area (Å²) in [5, 5.41) is 26.9. The monoisotopic (exact) mass is 605 g/mol. The van der Waals surface area contributed by atoms with Gasteiger partial charge in [-0.1, -0.05) is 5.16 Å². The number of nitrogens with zero attached hydrogens (tertiary/aromatic N) is 4. The Balaban J connectivity index is 1.32. The van der Waals surface area contributed by atoms with E-state index in [1.807, 2.05) is 36.1 Å². The molecule has 2 aliphatic heterocycles. The minimum atomic E-state index is -1.53. The maximum absolute atomic E-state index is 13.3. The molecule has 1 aliphatic carbocycles. The summed E-state index contributed by atoms with van der Waals surface area (Å²) in [6, 6.07) is 2.83. The SMILES string of the molecule is C[n+]1ccc(SCC2=C(C(=O)O)N3C(=O)[C@@H](NC(=O)C(=NOC4(C(=O)O)CCC4)c4csc(N)n4)[C@H]3SC2)cc1. The summed E-state index contributed by atoms with van der Waals surface area (Å²) in [6.07, 6.45) is 4.90. The van der Waals surface area contributed by atoms with Crippen molar-refractivity contribution in [1.82, 2.24) is 15.2 Å². The molecule has 210 valence electrons. The van der Waals surface area contributed by atoms with Crippen LogP contribution in [0.1, 0.15) is 25.0 Å². The van der Waals surface area contributed by atoms with Gasteiger partial charge in [0, 0.05) is 46.8 Å². The lowest BCUT2D eigenvalue weighted by Crippen LogP contribution is -2.71. The molecular weight excluding hydrogens is 581 g/mol. The van der Waals surface area contributed by atoms with Gasteiger partial charge in [0.2, 0.25) is 5.60 Å². The van der Waals surface area contributed by atoms with E-state index in [0.29, 0.717) is 23.5 Å². The molecule has 0 aromatic carbocycles. The van der Waals surface area contributed by atoms with Crippen LogP contribution in [0, 0.1) is 0 Å². The van der Waals surface area contributed by atoms with Crippen LogP contribution in [0.25, 0.3) is 0 Å². The molecule has 40 heavy (non-hydrogen) atoms. The zero-order valence-electron chi connectivity index (χ0n) is 21.1. The predicted molar refractivity (Wildman–Crippen MR) is 146 cm³/mol. The number of aromatic nitrogens is 2. The van der Waals surface area contributed by atoms with E-state index in [1.54, 1.807) is 0 Å². The van der Waals surface area contributed by atoms with Crippen LogP contribution in [0.5, 0.6) is 0 Å². The fourth-order valence-corrected chi connectivity index (χ4v) is 7.25. The van der Waals surface area contributed by atoms with Gasteiger partial charge in [-0.25, -0.2) is 19.1 Å². The van der Waals surface area contributed by atoms with Crippen LogP contribution in [0.3, 0.4) is 0 Å². The highest BCUT2D eigenvalue weighted by Gasteiger charge is 2.54. The first-order chi connectivity index (χ1) is 19.1. The van der Waals surface area contributed by atoms with Crippen LogP contribution < -0.4 is 15.6 Å². The van der Waals surface area contributed by atoms with Crippen LogP contribution >= 0.6 is 34.9 Å². The number of nitrogens with two attached hydrogens (primary N) is 1. The number of fused-ring (bicyclic) bond motifs is 1. The fourth-order valence-electron chi connectivity index (χ4n) is 4.33. The molecule has 13 nitrogen and oxygen atoms in total. The number of carbonyl (C=O) groups excluding carboxylic acids is 2. The zero-order chi connectivity index (χ0) is 28.6. The van der Waals surface area contributed by atoms with Gasteiger partial charge in [0.1, 0.15) is 29.9 Å². The summed E-state index contributed by atoms with van der Waals surface area (Å²) < 4.78 is 1.89. The standard InChI is InChI=1S/C24H24N6O7S3/c1-29-7-3-13(4-8-29)38-9-12-10-39-20-16(19(32)30(20)17(12)21(33)34)27-18(31)15(14-11-40-23(25)26-14)28-37-24(22(35)36)5-2-6-24/h3-4,7-8,11,16,20H,2,5-6,9-10H2,1H3,(H4-,25,26,27,31,33,34,35,36)/p+1/t16-,20-/m1/s1. The van der Waals surface area contributed by atoms with E-state index in [0.717, 1.165) is 16.2 Å². The molecule has 0 unspecified atom stereocenters. The number of pyridine rings is 1. The van der Waals surface area contributed by atoms with Gasteiger partial charge < -0.3 is 26.1 Å². The normalized spacial score (nSPS) is 21.7. The number of oxime groups is 1.